The molecule has 0 aliphatic heterocycles. The second-order valence-electron chi connectivity index (χ2n) is 4.98. The number of aromatic hydroxyl groups is 1. The molecule has 9 heteroatoms. The summed E-state index contributed by atoms with van der Waals surface area (Å²) in [6.45, 7) is 0. The van der Waals surface area contributed by atoms with E-state index in [1.54, 1.807) is 18.2 Å². The van der Waals surface area contributed by atoms with Crippen molar-refractivity contribution in [2.45, 2.75) is 0 Å². The fourth-order valence-electron chi connectivity index (χ4n) is 2.02. The second-order valence-corrected chi connectivity index (χ2v) is 5.38. The highest BCUT2D eigenvalue weighted by atomic mass is 35.5. The number of halogens is 1. The van der Waals surface area contributed by atoms with Crippen molar-refractivity contribution in [2.24, 2.45) is 0 Å². The molecule has 0 bridgehead atoms. The van der Waals surface area contributed by atoms with Crippen LogP contribution in [0.4, 0.5) is 11.4 Å². The summed E-state index contributed by atoms with van der Waals surface area (Å²) in [5.74, 6) is -0.830. The number of hydrogen-bond acceptors (Lipinski definition) is 6. The van der Waals surface area contributed by atoms with Gasteiger partial charge in [0.2, 0.25) is 0 Å². The van der Waals surface area contributed by atoms with Crippen LogP contribution < -0.4 is 10.1 Å². The third kappa shape index (κ3) is 4.28. The van der Waals surface area contributed by atoms with E-state index in [-0.39, 0.29) is 16.9 Å². The molecule has 0 aromatic heterocycles. The minimum Gasteiger partial charge on any atom is -0.506 e. The molecule has 2 aromatic carbocycles. The first-order chi connectivity index (χ1) is 12.3. The summed E-state index contributed by atoms with van der Waals surface area (Å²) in [6, 6.07) is 9.66. The number of carbonyl (C=O) groups is 1. The Morgan fingerprint density at radius 2 is 2.12 bits per heavy atom. The van der Waals surface area contributed by atoms with Crippen molar-refractivity contribution in [3.05, 3.63) is 62.7 Å². The Morgan fingerprint density at radius 3 is 2.65 bits per heavy atom. The summed E-state index contributed by atoms with van der Waals surface area (Å²) < 4.78 is 5.02. The van der Waals surface area contributed by atoms with E-state index in [0.29, 0.717) is 16.3 Å². The highest BCUT2D eigenvalue weighted by molar-refractivity contribution is 6.32. The SMILES string of the molecule is COc1ccc(C=C(C#N)C(=O)Nc2ccc([N+](=O)[O-])cc2O)cc1Cl. The molecule has 0 fully saturated rings. The number of rotatable bonds is 5. The summed E-state index contributed by atoms with van der Waals surface area (Å²) in [5.41, 5.74) is -0.140. The van der Waals surface area contributed by atoms with E-state index in [9.17, 15) is 25.3 Å². The number of nitro groups is 1. The van der Waals surface area contributed by atoms with Crippen LogP contribution in [0.1, 0.15) is 5.56 Å². The van der Waals surface area contributed by atoms with Crippen LogP contribution in [0.5, 0.6) is 11.5 Å². The molecule has 2 N–H and O–H groups in total. The van der Waals surface area contributed by atoms with Crippen LogP contribution in [0.3, 0.4) is 0 Å². The van der Waals surface area contributed by atoms with E-state index < -0.39 is 16.6 Å². The Labute approximate surface area is 153 Å². The Morgan fingerprint density at radius 1 is 1.38 bits per heavy atom. The normalized spacial score (nSPS) is 10.7. The summed E-state index contributed by atoms with van der Waals surface area (Å²) in [5, 5.41) is 32.3. The van der Waals surface area contributed by atoms with Gasteiger partial charge in [0.15, 0.2) is 0 Å². The molecular formula is C17H12ClN3O5. The molecule has 0 aliphatic carbocycles. The van der Waals surface area contributed by atoms with Crippen molar-refractivity contribution < 1.29 is 19.6 Å². The molecule has 0 aliphatic rings. The number of non-ortho nitro benzene ring substituents is 1. The smallest absolute Gasteiger partial charge is 0.273 e. The van der Waals surface area contributed by atoms with Gasteiger partial charge in [-0.15, -0.1) is 0 Å². The van der Waals surface area contributed by atoms with Crippen molar-refractivity contribution in [3.8, 4) is 17.6 Å². The number of benzene rings is 2. The number of nitrogens with one attached hydrogen (secondary N) is 1. The minimum absolute atomic E-state index is 0.0606. The molecular weight excluding hydrogens is 362 g/mol. The van der Waals surface area contributed by atoms with Crippen LogP contribution in [0, 0.1) is 21.4 Å². The van der Waals surface area contributed by atoms with Crippen molar-refractivity contribution >= 4 is 35.0 Å². The van der Waals surface area contributed by atoms with Crippen LogP contribution in [-0.2, 0) is 4.79 Å². The Balaban J connectivity index is 2.25. The average Bonchev–Trinajstić information content (AvgIpc) is 2.61. The Hall–Kier alpha value is -3.57. The zero-order chi connectivity index (χ0) is 19.3. The van der Waals surface area contributed by atoms with Crippen molar-refractivity contribution in [1.82, 2.24) is 0 Å². The lowest BCUT2D eigenvalue weighted by atomic mass is 10.1. The number of nitriles is 1. The zero-order valence-electron chi connectivity index (χ0n) is 13.4. The molecule has 0 saturated carbocycles. The van der Waals surface area contributed by atoms with Crippen LogP contribution in [0.25, 0.3) is 6.08 Å². The van der Waals surface area contributed by atoms with Gasteiger partial charge in [0, 0.05) is 6.07 Å². The molecule has 0 radical (unpaired) electrons. The molecule has 132 valence electrons. The molecule has 0 saturated heterocycles. The number of nitro benzene ring substituents is 1. The predicted octanol–water partition coefficient (Wildman–Crippen LogP) is 3.51. The minimum atomic E-state index is -0.788. The van der Waals surface area contributed by atoms with Gasteiger partial charge < -0.3 is 15.2 Å². The highest BCUT2D eigenvalue weighted by Gasteiger charge is 2.15. The third-order valence-corrected chi connectivity index (χ3v) is 3.59. The number of carbonyl (C=O) groups excluding carboxylic acids is 1. The lowest BCUT2D eigenvalue weighted by Gasteiger charge is -2.07. The first-order valence-corrected chi connectivity index (χ1v) is 7.47. The Bertz CT molecular complexity index is 950. The monoisotopic (exact) mass is 373 g/mol. The number of ether oxygens (including phenoxy) is 1. The second kappa shape index (κ2) is 8.00. The third-order valence-electron chi connectivity index (χ3n) is 3.29. The average molecular weight is 374 g/mol. The topological polar surface area (TPSA) is 125 Å². The molecule has 0 heterocycles. The quantitative estimate of drug-likeness (QED) is 0.271. The summed E-state index contributed by atoms with van der Waals surface area (Å²) in [6.07, 6.45) is 1.31. The molecule has 26 heavy (non-hydrogen) atoms. The van der Waals surface area contributed by atoms with E-state index in [2.05, 4.69) is 5.32 Å². The van der Waals surface area contributed by atoms with Gasteiger partial charge in [-0.2, -0.15) is 5.26 Å². The maximum atomic E-state index is 12.2. The summed E-state index contributed by atoms with van der Waals surface area (Å²) in [7, 11) is 1.46. The molecule has 0 spiro atoms. The number of nitrogens with zero attached hydrogens (tertiary/aromatic N) is 2. The molecule has 1 amide bonds. The van der Waals surface area contributed by atoms with Crippen molar-refractivity contribution in [3.63, 3.8) is 0 Å². The van der Waals surface area contributed by atoms with E-state index in [0.717, 1.165) is 12.1 Å². The molecule has 8 nitrogen and oxygen atoms in total. The lowest BCUT2D eigenvalue weighted by molar-refractivity contribution is -0.384. The maximum absolute atomic E-state index is 12.2. The van der Waals surface area contributed by atoms with Gasteiger partial charge in [-0.25, -0.2) is 0 Å². The predicted molar refractivity (Wildman–Crippen MR) is 95.0 cm³/mol. The number of hydrogen-bond donors (Lipinski definition) is 2. The largest absolute Gasteiger partial charge is 0.506 e. The van der Waals surface area contributed by atoms with E-state index in [4.69, 9.17) is 16.3 Å². The number of amides is 1. The van der Waals surface area contributed by atoms with Gasteiger partial charge in [-0.3, -0.25) is 14.9 Å². The van der Waals surface area contributed by atoms with Gasteiger partial charge in [0.05, 0.1) is 28.8 Å². The van der Waals surface area contributed by atoms with Crippen LogP contribution in [0.15, 0.2) is 42.0 Å². The fourth-order valence-corrected chi connectivity index (χ4v) is 2.28. The van der Waals surface area contributed by atoms with Crippen LogP contribution in [0.2, 0.25) is 5.02 Å². The number of phenols is 1. The van der Waals surface area contributed by atoms with E-state index >= 15 is 0 Å². The standard InChI is InChI=1S/C17H12ClN3O5/c1-26-16-5-2-10(7-13(16)18)6-11(9-19)17(23)20-14-4-3-12(21(24)25)8-15(14)22/h2-8,22H,1H3,(H,20,23). The number of phenolic OH excluding ortho intramolecular Hbond substituents is 1. The molecule has 2 aromatic rings. The Kier molecular flexibility index (Phi) is 5.78. The number of anilines is 1. The molecule has 2 rings (SSSR count). The van der Waals surface area contributed by atoms with E-state index in [1.165, 1.54) is 25.3 Å². The number of methoxy groups -OCH3 is 1. The fraction of sp³-hybridized carbons (Fsp3) is 0.0588. The first-order valence-electron chi connectivity index (χ1n) is 7.09. The van der Waals surface area contributed by atoms with Gasteiger partial charge in [-0.1, -0.05) is 17.7 Å². The molecule has 0 unspecified atom stereocenters. The molecule has 0 atom stereocenters. The summed E-state index contributed by atoms with van der Waals surface area (Å²) >= 11 is 6.00. The zero-order valence-corrected chi connectivity index (χ0v) is 14.1. The highest BCUT2D eigenvalue weighted by Crippen LogP contribution is 2.29. The summed E-state index contributed by atoms with van der Waals surface area (Å²) in [4.78, 5) is 22.2. The maximum Gasteiger partial charge on any atom is 0.273 e. The van der Waals surface area contributed by atoms with Gasteiger partial charge in [-0.05, 0) is 29.8 Å². The van der Waals surface area contributed by atoms with Crippen molar-refractivity contribution in [2.75, 3.05) is 12.4 Å². The van der Waals surface area contributed by atoms with Gasteiger partial charge >= 0.3 is 0 Å². The van der Waals surface area contributed by atoms with E-state index in [1.807, 2.05) is 0 Å². The lowest BCUT2D eigenvalue weighted by Crippen LogP contribution is -2.13. The first kappa shape index (κ1) is 18.8. The van der Waals surface area contributed by atoms with Crippen LogP contribution >= 0.6 is 11.6 Å². The van der Waals surface area contributed by atoms with Gasteiger partial charge in [0.25, 0.3) is 11.6 Å². The van der Waals surface area contributed by atoms with Crippen LogP contribution in [-0.4, -0.2) is 23.0 Å². The van der Waals surface area contributed by atoms with Crippen molar-refractivity contribution in [1.29, 1.82) is 5.26 Å². The van der Waals surface area contributed by atoms with Gasteiger partial charge in [0.1, 0.15) is 23.1 Å².